The first-order chi connectivity index (χ1) is 7.33. The van der Waals surface area contributed by atoms with Crippen LogP contribution >= 0.6 is 11.8 Å². The lowest BCUT2D eigenvalue weighted by molar-refractivity contribution is 0.280. The van der Waals surface area contributed by atoms with E-state index in [0.717, 1.165) is 18.6 Å². The molecule has 3 heteroatoms. The van der Waals surface area contributed by atoms with Crippen LogP contribution in [0.2, 0.25) is 0 Å². The van der Waals surface area contributed by atoms with E-state index in [4.69, 9.17) is 5.11 Å². The summed E-state index contributed by atoms with van der Waals surface area (Å²) in [7, 11) is 2.15. The van der Waals surface area contributed by atoms with Crippen LogP contribution in [-0.2, 0) is 0 Å². The molecule has 0 saturated heterocycles. The highest BCUT2D eigenvalue weighted by molar-refractivity contribution is 7.99. The largest absolute Gasteiger partial charge is 0.396 e. The number of thioether (sulfide) groups is 1. The maximum Gasteiger partial charge on any atom is 0.0504 e. The van der Waals surface area contributed by atoms with E-state index in [1.807, 2.05) is 11.8 Å². The van der Waals surface area contributed by atoms with E-state index in [0.29, 0.717) is 12.6 Å². The van der Waals surface area contributed by atoms with Crippen molar-refractivity contribution in [3.05, 3.63) is 24.3 Å². The molecule has 1 atom stereocenters. The first-order valence-electron chi connectivity index (χ1n) is 5.38. The van der Waals surface area contributed by atoms with Crippen LogP contribution in [0.15, 0.2) is 29.2 Å². The SMILES string of the molecule is CN1c2ccccc2SCC1CCCO. The zero-order valence-corrected chi connectivity index (χ0v) is 9.83. The summed E-state index contributed by atoms with van der Waals surface area (Å²) in [6.45, 7) is 0.302. The van der Waals surface area contributed by atoms with Gasteiger partial charge in [-0.2, -0.15) is 0 Å². The van der Waals surface area contributed by atoms with Gasteiger partial charge in [-0.1, -0.05) is 12.1 Å². The van der Waals surface area contributed by atoms with Gasteiger partial charge >= 0.3 is 0 Å². The average Bonchev–Trinajstić information content (AvgIpc) is 2.29. The molecule has 0 radical (unpaired) electrons. The topological polar surface area (TPSA) is 23.5 Å². The fourth-order valence-electron chi connectivity index (χ4n) is 1.97. The molecule has 1 unspecified atom stereocenters. The average molecular weight is 223 g/mol. The van der Waals surface area contributed by atoms with E-state index in [1.54, 1.807) is 0 Å². The standard InChI is InChI=1S/C12H17NOS/c1-13-10(5-4-8-14)9-15-12-7-3-2-6-11(12)13/h2-3,6-7,10,14H,4-5,8-9H2,1H3. The minimum atomic E-state index is 0.302. The highest BCUT2D eigenvalue weighted by Crippen LogP contribution is 2.37. The van der Waals surface area contributed by atoms with Gasteiger partial charge in [-0.25, -0.2) is 0 Å². The predicted molar refractivity (Wildman–Crippen MR) is 65.7 cm³/mol. The van der Waals surface area contributed by atoms with E-state index < -0.39 is 0 Å². The monoisotopic (exact) mass is 223 g/mol. The Labute approximate surface area is 95.3 Å². The summed E-state index contributed by atoms with van der Waals surface area (Å²) in [6.07, 6.45) is 1.98. The van der Waals surface area contributed by atoms with E-state index in [1.165, 1.54) is 10.6 Å². The second kappa shape index (κ2) is 4.90. The van der Waals surface area contributed by atoms with Crippen LogP contribution in [0.3, 0.4) is 0 Å². The molecule has 2 rings (SSSR count). The first-order valence-corrected chi connectivity index (χ1v) is 6.37. The van der Waals surface area contributed by atoms with Gasteiger partial charge in [0.1, 0.15) is 0 Å². The van der Waals surface area contributed by atoms with Crippen molar-refractivity contribution in [2.75, 3.05) is 24.3 Å². The number of benzene rings is 1. The minimum absolute atomic E-state index is 0.302. The van der Waals surface area contributed by atoms with Crippen LogP contribution in [0.25, 0.3) is 0 Å². The van der Waals surface area contributed by atoms with Crippen LogP contribution in [0.4, 0.5) is 5.69 Å². The van der Waals surface area contributed by atoms with E-state index in [9.17, 15) is 0 Å². The summed E-state index contributed by atoms with van der Waals surface area (Å²) in [5.74, 6) is 1.13. The number of aliphatic hydroxyl groups excluding tert-OH is 1. The summed E-state index contributed by atoms with van der Waals surface area (Å²) in [4.78, 5) is 3.72. The molecule has 0 amide bonds. The van der Waals surface area contributed by atoms with E-state index >= 15 is 0 Å². The number of aliphatic hydroxyl groups is 1. The highest BCUT2D eigenvalue weighted by Gasteiger charge is 2.22. The van der Waals surface area contributed by atoms with Gasteiger partial charge in [-0.3, -0.25) is 0 Å². The molecule has 0 bridgehead atoms. The second-order valence-electron chi connectivity index (χ2n) is 3.91. The van der Waals surface area contributed by atoms with E-state index in [2.05, 4.69) is 36.2 Å². The van der Waals surface area contributed by atoms with Crippen LogP contribution in [0.1, 0.15) is 12.8 Å². The molecule has 0 spiro atoms. The Morgan fingerprint density at radius 3 is 3.07 bits per heavy atom. The number of nitrogens with zero attached hydrogens (tertiary/aromatic N) is 1. The lowest BCUT2D eigenvalue weighted by Gasteiger charge is -2.35. The molecule has 1 heterocycles. The van der Waals surface area contributed by atoms with Crippen molar-refractivity contribution in [1.82, 2.24) is 0 Å². The molecule has 2 nitrogen and oxygen atoms in total. The lowest BCUT2D eigenvalue weighted by atomic mass is 10.1. The van der Waals surface area contributed by atoms with Gasteiger partial charge in [0.2, 0.25) is 0 Å². The number of para-hydroxylation sites is 1. The van der Waals surface area contributed by atoms with Crippen LogP contribution in [-0.4, -0.2) is 30.6 Å². The van der Waals surface area contributed by atoms with Gasteiger partial charge in [0, 0.05) is 30.3 Å². The lowest BCUT2D eigenvalue weighted by Crippen LogP contribution is -2.36. The third-order valence-corrected chi connectivity index (χ3v) is 4.13. The zero-order valence-electron chi connectivity index (χ0n) is 9.02. The van der Waals surface area contributed by atoms with Gasteiger partial charge in [0.05, 0.1) is 5.69 Å². The number of hydrogen-bond acceptors (Lipinski definition) is 3. The Balaban J connectivity index is 2.11. The van der Waals surface area contributed by atoms with Crippen molar-refractivity contribution >= 4 is 17.4 Å². The molecule has 1 N–H and O–H groups in total. The molecular formula is C12H17NOS. The molecule has 1 aromatic carbocycles. The smallest absolute Gasteiger partial charge is 0.0504 e. The maximum atomic E-state index is 8.85. The summed E-state index contributed by atoms with van der Waals surface area (Å²) in [5, 5.41) is 8.85. The molecule has 1 aliphatic heterocycles. The van der Waals surface area contributed by atoms with Crippen LogP contribution in [0, 0.1) is 0 Å². The van der Waals surface area contributed by atoms with Gasteiger partial charge < -0.3 is 10.0 Å². The fraction of sp³-hybridized carbons (Fsp3) is 0.500. The number of rotatable bonds is 3. The molecule has 15 heavy (non-hydrogen) atoms. The molecule has 0 fully saturated rings. The van der Waals surface area contributed by atoms with Crippen LogP contribution in [0.5, 0.6) is 0 Å². The normalized spacial score (nSPS) is 20.1. The van der Waals surface area contributed by atoms with Crippen molar-refractivity contribution < 1.29 is 5.11 Å². The quantitative estimate of drug-likeness (QED) is 0.851. The Morgan fingerprint density at radius 1 is 1.47 bits per heavy atom. The number of anilines is 1. The van der Waals surface area contributed by atoms with Crippen molar-refractivity contribution in [2.24, 2.45) is 0 Å². The van der Waals surface area contributed by atoms with Crippen LogP contribution < -0.4 is 4.90 Å². The Hall–Kier alpha value is -0.670. The summed E-state index contributed by atoms with van der Waals surface area (Å²) in [6, 6.07) is 9.10. The number of hydrogen-bond donors (Lipinski definition) is 1. The second-order valence-corrected chi connectivity index (χ2v) is 4.97. The molecule has 1 aromatic rings. The zero-order chi connectivity index (χ0) is 10.7. The summed E-state index contributed by atoms with van der Waals surface area (Å²) < 4.78 is 0. The van der Waals surface area contributed by atoms with Crippen molar-refractivity contribution in [3.63, 3.8) is 0 Å². The van der Waals surface area contributed by atoms with Gasteiger partial charge in [-0.15, -0.1) is 11.8 Å². The van der Waals surface area contributed by atoms with Crippen molar-refractivity contribution in [2.45, 2.75) is 23.8 Å². The van der Waals surface area contributed by atoms with Gasteiger partial charge in [-0.05, 0) is 25.0 Å². The highest BCUT2D eigenvalue weighted by atomic mass is 32.2. The predicted octanol–water partition coefficient (Wildman–Crippen LogP) is 2.37. The fourth-order valence-corrected chi connectivity index (χ4v) is 3.27. The third kappa shape index (κ3) is 2.29. The Kier molecular flexibility index (Phi) is 3.54. The molecular weight excluding hydrogens is 206 g/mol. The molecule has 82 valence electrons. The Morgan fingerprint density at radius 2 is 2.27 bits per heavy atom. The van der Waals surface area contributed by atoms with Gasteiger partial charge in [0.25, 0.3) is 0 Å². The van der Waals surface area contributed by atoms with Crippen molar-refractivity contribution in [3.8, 4) is 0 Å². The summed E-state index contributed by atoms with van der Waals surface area (Å²) >= 11 is 1.93. The molecule has 0 saturated carbocycles. The Bertz CT molecular complexity index is 329. The van der Waals surface area contributed by atoms with Gasteiger partial charge in [0.15, 0.2) is 0 Å². The van der Waals surface area contributed by atoms with Crippen molar-refractivity contribution in [1.29, 1.82) is 0 Å². The first kappa shape index (κ1) is 10.8. The summed E-state index contributed by atoms with van der Waals surface area (Å²) in [5.41, 5.74) is 1.33. The maximum absolute atomic E-state index is 8.85. The molecule has 0 aromatic heterocycles. The van der Waals surface area contributed by atoms with E-state index in [-0.39, 0.29) is 0 Å². The third-order valence-electron chi connectivity index (χ3n) is 2.92. The molecule has 0 aliphatic carbocycles. The number of fused-ring (bicyclic) bond motifs is 1. The molecule has 1 aliphatic rings. The minimum Gasteiger partial charge on any atom is -0.396 e.